The van der Waals surface area contributed by atoms with Crippen LogP contribution in [0, 0.1) is 12.8 Å². The number of rotatable bonds is 4. The molecule has 0 aliphatic rings. The summed E-state index contributed by atoms with van der Waals surface area (Å²) in [7, 11) is 0. The fourth-order valence-corrected chi connectivity index (χ4v) is 1.22. The number of nitrogens with zero attached hydrogens (tertiary/aromatic N) is 2. The topological polar surface area (TPSA) is 64.9 Å². The van der Waals surface area contributed by atoms with E-state index in [-0.39, 0.29) is 6.04 Å². The SMILES string of the molecule is Cc1nonc1C(N)CCC(C)C. The molecule has 1 unspecified atom stereocenters. The molecule has 1 heterocycles. The first-order valence-corrected chi connectivity index (χ1v) is 4.66. The molecule has 0 fully saturated rings. The minimum atomic E-state index is -0.0337. The van der Waals surface area contributed by atoms with Crippen LogP contribution in [0.1, 0.15) is 44.1 Å². The van der Waals surface area contributed by atoms with Gasteiger partial charge in [-0.2, -0.15) is 0 Å². The van der Waals surface area contributed by atoms with Crippen molar-refractivity contribution in [2.24, 2.45) is 11.7 Å². The van der Waals surface area contributed by atoms with E-state index in [0.717, 1.165) is 24.2 Å². The molecule has 0 aliphatic carbocycles. The van der Waals surface area contributed by atoms with Crippen LogP contribution in [0.5, 0.6) is 0 Å². The summed E-state index contributed by atoms with van der Waals surface area (Å²) in [5.41, 5.74) is 7.52. The normalized spacial score (nSPS) is 13.6. The molecule has 13 heavy (non-hydrogen) atoms. The van der Waals surface area contributed by atoms with E-state index in [9.17, 15) is 0 Å². The molecule has 0 aliphatic heterocycles. The fourth-order valence-electron chi connectivity index (χ4n) is 1.22. The summed E-state index contributed by atoms with van der Waals surface area (Å²) in [5, 5.41) is 7.48. The van der Waals surface area contributed by atoms with Gasteiger partial charge in [-0.1, -0.05) is 24.2 Å². The largest absolute Gasteiger partial charge is 0.322 e. The number of aryl methyl sites for hydroxylation is 1. The summed E-state index contributed by atoms with van der Waals surface area (Å²) >= 11 is 0. The van der Waals surface area contributed by atoms with Crippen LogP contribution in [-0.2, 0) is 0 Å². The zero-order valence-electron chi connectivity index (χ0n) is 8.45. The lowest BCUT2D eigenvalue weighted by Crippen LogP contribution is -2.12. The van der Waals surface area contributed by atoms with Crippen LogP contribution in [0.3, 0.4) is 0 Å². The molecule has 4 heteroatoms. The maximum atomic E-state index is 5.93. The molecule has 1 aromatic rings. The lowest BCUT2D eigenvalue weighted by atomic mass is 10.0. The minimum absolute atomic E-state index is 0.0337. The van der Waals surface area contributed by atoms with Gasteiger partial charge >= 0.3 is 0 Å². The van der Waals surface area contributed by atoms with Gasteiger partial charge in [0.2, 0.25) is 0 Å². The van der Waals surface area contributed by atoms with Crippen LogP contribution in [0.4, 0.5) is 0 Å². The van der Waals surface area contributed by atoms with Crippen molar-refractivity contribution in [3.63, 3.8) is 0 Å². The minimum Gasteiger partial charge on any atom is -0.322 e. The van der Waals surface area contributed by atoms with Gasteiger partial charge in [0.05, 0.1) is 6.04 Å². The van der Waals surface area contributed by atoms with Gasteiger partial charge in [0.1, 0.15) is 11.4 Å². The molecule has 0 spiro atoms. The molecule has 0 saturated heterocycles. The molecule has 1 atom stereocenters. The van der Waals surface area contributed by atoms with E-state index in [4.69, 9.17) is 5.73 Å². The summed E-state index contributed by atoms with van der Waals surface area (Å²) in [6, 6.07) is -0.0337. The number of hydrogen-bond donors (Lipinski definition) is 1. The quantitative estimate of drug-likeness (QED) is 0.773. The molecule has 74 valence electrons. The van der Waals surface area contributed by atoms with Crippen molar-refractivity contribution in [3.8, 4) is 0 Å². The fraction of sp³-hybridized carbons (Fsp3) is 0.778. The highest BCUT2D eigenvalue weighted by molar-refractivity contribution is 5.09. The second kappa shape index (κ2) is 4.37. The monoisotopic (exact) mass is 183 g/mol. The van der Waals surface area contributed by atoms with Crippen LogP contribution >= 0.6 is 0 Å². The molecular formula is C9H17N3O. The summed E-state index contributed by atoms with van der Waals surface area (Å²) in [5.74, 6) is 0.672. The average Bonchev–Trinajstić information content (AvgIpc) is 2.47. The van der Waals surface area contributed by atoms with Crippen LogP contribution < -0.4 is 5.73 Å². The Balaban J connectivity index is 2.49. The Labute approximate surface area is 78.5 Å². The number of nitrogens with two attached hydrogens (primary N) is 1. The van der Waals surface area contributed by atoms with Gasteiger partial charge < -0.3 is 5.73 Å². The van der Waals surface area contributed by atoms with Crippen LogP contribution in [0.25, 0.3) is 0 Å². The lowest BCUT2D eigenvalue weighted by molar-refractivity contribution is 0.298. The van der Waals surface area contributed by atoms with Crippen LogP contribution in [0.15, 0.2) is 4.63 Å². The van der Waals surface area contributed by atoms with Crippen molar-refractivity contribution in [2.75, 3.05) is 0 Å². The zero-order valence-corrected chi connectivity index (χ0v) is 8.45. The van der Waals surface area contributed by atoms with Gasteiger partial charge in [0, 0.05) is 0 Å². The summed E-state index contributed by atoms with van der Waals surface area (Å²) < 4.78 is 4.59. The van der Waals surface area contributed by atoms with Crippen molar-refractivity contribution in [3.05, 3.63) is 11.4 Å². The van der Waals surface area contributed by atoms with Crippen molar-refractivity contribution in [2.45, 2.75) is 39.7 Å². The Bertz CT molecular complexity index is 257. The molecule has 2 N–H and O–H groups in total. The molecule has 1 aromatic heterocycles. The second-order valence-corrected chi connectivity index (χ2v) is 3.81. The smallest absolute Gasteiger partial charge is 0.124 e. The third-order valence-electron chi connectivity index (χ3n) is 2.09. The molecule has 1 rings (SSSR count). The van der Waals surface area contributed by atoms with Gasteiger partial charge in [-0.15, -0.1) is 0 Å². The van der Waals surface area contributed by atoms with Crippen LogP contribution in [0.2, 0.25) is 0 Å². The van der Waals surface area contributed by atoms with Crippen LogP contribution in [-0.4, -0.2) is 10.3 Å². The van der Waals surface area contributed by atoms with Gasteiger partial charge in [-0.05, 0) is 25.7 Å². The summed E-state index contributed by atoms with van der Waals surface area (Å²) in [6.07, 6.45) is 2.04. The average molecular weight is 183 g/mol. The Morgan fingerprint density at radius 2 is 2.00 bits per heavy atom. The summed E-state index contributed by atoms with van der Waals surface area (Å²) in [6.45, 7) is 6.22. The highest BCUT2D eigenvalue weighted by Crippen LogP contribution is 2.18. The first-order valence-electron chi connectivity index (χ1n) is 4.66. The Hall–Kier alpha value is -0.900. The van der Waals surface area contributed by atoms with Crippen molar-refractivity contribution in [1.82, 2.24) is 10.3 Å². The van der Waals surface area contributed by atoms with Gasteiger partial charge in [0.15, 0.2) is 0 Å². The Morgan fingerprint density at radius 1 is 1.31 bits per heavy atom. The van der Waals surface area contributed by atoms with E-state index in [0.29, 0.717) is 5.92 Å². The van der Waals surface area contributed by atoms with E-state index in [1.165, 1.54) is 0 Å². The van der Waals surface area contributed by atoms with E-state index in [2.05, 4.69) is 28.8 Å². The first kappa shape index (κ1) is 10.2. The molecule has 0 radical (unpaired) electrons. The predicted molar refractivity (Wildman–Crippen MR) is 50.0 cm³/mol. The van der Waals surface area contributed by atoms with E-state index in [1.54, 1.807) is 0 Å². The predicted octanol–water partition coefficient (Wildman–Crippen LogP) is 1.81. The van der Waals surface area contributed by atoms with Crippen molar-refractivity contribution in [1.29, 1.82) is 0 Å². The van der Waals surface area contributed by atoms with Gasteiger partial charge in [0.25, 0.3) is 0 Å². The standard InChI is InChI=1S/C9H17N3O/c1-6(2)4-5-8(10)9-7(3)11-13-12-9/h6,8H,4-5,10H2,1-3H3. The molecule has 4 nitrogen and oxygen atoms in total. The van der Waals surface area contributed by atoms with Crippen molar-refractivity contribution < 1.29 is 4.63 Å². The Morgan fingerprint density at radius 3 is 2.46 bits per heavy atom. The second-order valence-electron chi connectivity index (χ2n) is 3.81. The zero-order chi connectivity index (χ0) is 9.84. The highest BCUT2D eigenvalue weighted by atomic mass is 16.6. The highest BCUT2D eigenvalue weighted by Gasteiger charge is 2.14. The summed E-state index contributed by atoms with van der Waals surface area (Å²) in [4.78, 5) is 0. The van der Waals surface area contributed by atoms with E-state index < -0.39 is 0 Å². The van der Waals surface area contributed by atoms with Gasteiger partial charge in [-0.25, -0.2) is 4.63 Å². The molecule has 0 saturated carbocycles. The number of hydrogen-bond acceptors (Lipinski definition) is 4. The Kier molecular flexibility index (Phi) is 3.42. The molecular weight excluding hydrogens is 166 g/mol. The lowest BCUT2D eigenvalue weighted by Gasteiger charge is -2.09. The number of aromatic nitrogens is 2. The van der Waals surface area contributed by atoms with Crippen molar-refractivity contribution >= 4 is 0 Å². The third-order valence-corrected chi connectivity index (χ3v) is 2.09. The third kappa shape index (κ3) is 2.81. The molecule has 0 bridgehead atoms. The maximum Gasteiger partial charge on any atom is 0.124 e. The van der Waals surface area contributed by atoms with E-state index in [1.807, 2.05) is 6.92 Å². The van der Waals surface area contributed by atoms with Gasteiger partial charge in [-0.3, -0.25) is 0 Å². The maximum absolute atomic E-state index is 5.93. The molecule has 0 aromatic carbocycles. The van der Waals surface area contributed by atoms with E-state index >= 15 is 0 Å². The molecule has 0 amide bonds. The first-order chi connectivity index (χ1) is 6.11.